The van der Waals surface area contributed by atoms with Crippen molar-refractivity contribution in [2.45, 2.75) is 12.5 Å². The Morgan fingerprint density at radius 2 is 2.16 bits per heavy atom. The van der Waals surface area contributed by atoms with E-state index < -0.39 is 0 Å². The molecule has 32 heavy (non-hydrogen) atoms. The summed E-state index contributed by atoms with van der Waals surface area (Å²) in [5.74, 6) is 1.59. The summed E-state index contributed by atoms with van der Waals surface area (Å²) in [6, 6.07) is 15.9. The molecule has 2 aromatic carbocycles. The molecule has 1 atom stereocenters. The number of rotatable bonds is 3. The van der Waals surface area contributed by atoms with Gasteiger partial charge in [-0.3, -0.25) is 9.88 Å². The van der Waals surface area contributed by atoms with Crippen molar-refractivity contribution in [2.24, 2.45) is 0 Å². The van der Waals surface area contributed by atoms with Gasteiger partial charge in [0.2, 0.25) is 0 Å². The maximum atomic E-state index is 9.24. The Morgan fingerprint density at radius 1 is 1.19 bits per heavy atom. The third-order valence-electron chi connectivity index (χ3n) is 6.32. The smallest absolute Gasteiger partial charge is 0.171 e. The molecule has 4 heterocycles. The number of pyridine rings is 1. The fourth-order valence-electron chi connectivity index (χ4n) is 4.68. The zero-order valence-electron chi connectivity index (χ0n) is 17.5. The number of aromatic amines is 1. The third kappa shape index (κ3) is 3.28. The molecule has 4 aromatic rings. The zero-order valence-corrected chi connectivity index (χ0v) is 17.5. The quantitative estimate of drug-likeness (QED) is 0.526. The van der Waals surface area contributed by atoms with Crippen molar-refractivity contribution in [2.75, 3.05) is 26.2 Å². The number of H-pyrrole nitrogens is 1. The topological polar surface area (TPSA) is 74.2 Å². The minimum atomic E-state index is -0.0190. The molecular formula is C26H22N4O2. The average molecular weight is 422 g/mol. The molecule has 6 nitrogen and oxygen atoms in total. The summed E-state index contributed by atoms with van der Waals surface area (Å²) in [5, 5.41) is 11.3. The van der Waals surface area contributed by atoms with Gasteiger partial charge in [0, 0.05) is 53.9 Å². The molecule has 0 aliphatic carbocycles. The first-order valence-electron chi connectivity index (χ1n) is 10.9. The molecule has 6 rings (SSSR count). The highest BCUT2D eigenvalue weighted by Gasteiger charge is 2.26. The molecule has 0 amide bonds. The first kappa shape index (κ1) is 18.9. The highest BCUT2D eigenvalue weighted by atomic mass is 16.6. The summed E-state index contributed by atoms with van der Waals surface area (Å²) in [5.41, 5.74) is 5.19. The van der Waals surface area contributed by atoms with Crippen LogP contribution in [0, 0.1) is 11.3 Å². The number of nitrogens with zero attached hydrogens (tertiary/aromatic N) is 3. The number of hydrogen-bond acceptors (Lipinski definition) is 5. The molecule has 0 saturated carbocycles. The van der Waals surface area contributed by atoms with E-state index in [4.69, 9.17) is 9.47 Å². The van der Waals surface area contributed by atoms with Gasteiger partial charge in [-0.25, -0.2) is 0 Å². The Labute approximate surface area is 185 Å². The molecule has 1 N–H and O–H groups in total. The van der Waals surface area contributed by atoms with Crippen molar-refractivity contribution in [3.63, 3.8) is 0 Å². The second kappa shape index (κ2) is 7.70. The summed E-state index contributed by atoms with van der Waals surface area (Å²) < 4.78 is 12.4. The van der Waals surface area contributed by atoms with Gasteiger partial charge in [0.1, 0.15) is 12.7 Å². The molecule has 2 aromatic heterocycles. The van der Waals surface area contributed by atoms with Crippen LogP contribution in [0.25, 0.3) is 27.4 Å². The van der Waals surface area contributed by atoms with Gasteiger partial charge < -0.3 is 14.5 Å². The van der Waals surface area contributed by atoms with Gasteiger partial charge in [-0.15, -0.1) is 0 Å². The Hall–Kier alpha value is -3.82. The highest BCUT2D eigenvalue weighted by molar-refractivity contribution is 5.93. The number of fused-ring (bicyclic) bond motifs is 4. The van der Waals surface area contributed by atoms with Crippen molar-refractivity contribution in [1.29, 1.82) is 5.26 Å². The van der Waals surface area contributed by atoms with Crippen molar-refractivity contribution < 1.29 is 9.47 Å². The lowest BCUT2D eigenvalue weighted by Gasteiger charge is -2.33. The van der Waals surface area contributed by atoms with Crippen LogP contribution in [0.15, 0.2) is 60.9 Å². The normalized spacial score (nSPS) is 18.5. The monoisotopic (exact) mass is 422 g/mol. The van der Waals surface area contributed by atoms with Crippen LogP contribution in [0.5, 0.6) is 11.5 Å². The summed E-state index contributed by atoms with van der Waals surface area (Å²) in [6.45, 7) is 3.18. The largest absolute Gasteiger partial charge is 0.486 e. The summed E-state index contributed by atoms with van der Waals surface area (Å²) in [6.07, 6.45) is 7.08. The van der Waals surface area contributed by atoms with Crippen molar-refractivity contribution in [1.82, 2.24) is 14.9 Å². The van der Waals surface area contributed by atoms with Crippen LogP contribution < -0.4 is 9.47 Å². The number of aromatic nitrogens is 2. The van der Waals surface area contributed by atoms with Crippen molar-refractivity contribution in [3.8, 4) is 17.6 Å². The second-order valence-electron chi connectivity index (χ2n) is 8.33. The molecule has 0 fully saturated rings. The van der Waals surface area contributed by atoms with Gasteiger partial charge in [0.05, 0.1) is 17.1 Å². The van der Waals surface area contributed by atoms with E-state index in [9.17, 15) is 5.26 Å². The Kier molecular flexibility index (Phi) is 4.55. The van der Waals surface area contributed by atoms with E-state index in [1.54, 1.807) is 6.20 Å². The standard InChI is InChI=1S/C26H22N4O2/c27-13-17-3-4-24-21(12-17)22(14-29-24)18-7-10-30(11-8-18)15-19-16-31-25-6-5-23-20(26(25)32-19)2-1-9-28-23/h1-7,9,12,14,19,29H,8,10-11,15-16H2. The average Bonchev–Trinajstić information content (AvgIpc) is 3.27. The SMILES string of the molecule is N#Cc1ccc2[nH]cc(C3=CCN(CC4COc5ccc6ncccc6c5O4)CC3)c2c1. The molecular weight excluding hydrogens is 400 g/mol. The van der Waals surface area contributed by atoms with Gasteiger partial charge in [0.15, 0.2) is 11.5 Å². The van der Waals surface area contributed by atoms with Crippen LogP contribution in [-0.2, 0) is 0 Å². The lowest BCUT2D eigenvalue weighted by Crippen LogP contribution is -2.42. The molecule has 0 spiro atoms. The first-order chi connectivity index (χ1) is 15.8. The van der Waals surface area contributed by atoms with Crippen LogP contribution in [0.2, 0.25) is 0 Å². The molecule has 0 saturated heterocycles. The lowest BCUT2D eigenvalue weighted by molar-refractivity contribution is 0.0632. The van der Waals surface area contributed by atoms with Crippen LogP contribution >= 0.6 is 0 Å². The van der Waals surface area contributed by atoms with Gasteiger partial charge in [-0.2, -0.15) is 5.26 Å². The molecule has 1 unspecified atom stereocenters. The predicted molar refractivity (Wildman–Crippen MR) is 124 cm³/mol. The Morgan fingerprint density at radius 3 is 3.03 bits per heavy atom. The first-order valence-corrected chi connectivity index (χ1v) is 10.9. The molecule has 2 aliphatic rings. The minimum Gasteiger partial charge on any atom is -0.486 e. The second-order valence-corrected chi connectivity index (χ2v) is 8.33. The van der Waals surface area contributed by atoms with Crippen molar-refractivity contribution in [3.05, 3.63) is 72.1 Å². The third-order valence-corrected chi connectivity index (χ3v) is 6.32. The van der Waals surface area contributed by atoms with Gasteiger partial charge in [-0.1, -0.05) is 6.08 Å². The maximum Gasteiger partial charge on any atom is 0.171 e. The Bertz CT molecular complexity index is 1400. The molecule has 0 bridgehead atoms. The van der Waals surface area contributed by atoms with E-state index in [0.717, 1.165) is 59.4 Å². The fourth-order valence-corrected chi connectivity index (χ4v) is 4.68. The van der Waals surface area contributed by atoms with Crippen LogP contribution in [0.4, 0.5) is 0 Å². The van der Waals surface area contributed by atoms with E-state index in [-0.39, 0.29) is 6.10 Å². The summed E-state index contributed by atoms with van der Waals surface area (Å²) in [4.78, 5) is 10.2. The zero-order chi connectivity index (χ0) is 21.5. The van der Waals surface area contributed by atoms with Crippen LogP contribution in [0.3, 0.4) is 0 Å². The fraction of sp³-hybridized carbons (Fsp3) is 0.231. The summed E-state index contributed by atoms with van der Waals surface area (Å²) >= 11 is 0. The van der Waals surface area contributed by atoms with E-state index in [0.29, 0.717) is 12.2 Å². The number of hydrogen-bond donors (Lipinski definition) is 1. The number of benzene rings is 2. The van der Waals surface area contributed by atoms with E-state index in [1.165, 1.54) is 11.1 Å². The molecule has 2 aliphatic heterocycles. The van der Waals surface area contributed by atoms with Gasteiger partial charge in [-0.05, 0) is 54.5 Å². The predicted octanol–water partition coefficient (Wildman–Crippen LogP) is 4.52. The number of nitrogens with one attached hydrogen (secondary N) is 1. The number of nitriles is 1. The van der Waals surface area contributed by atoms with Gasteiger partial charge >= 0.3 is 0 Å². The van der Waals surface area contributed by atoms with Crippen LogP contribution in [-0.4, -0.2) is 47.2 Å². The highest BCUT2D eigenvalue weighted by Crippen LogP contribution is 2.38. The molecule has 0 radical (unpaired) electrons. The maximum absolute atomic E-state index is 9.24. The number of ether oxygens (including phenoxy) is 2. The Balaban J connectivity index is 1.18. The van der Waals surface area contributed by atoms with Crippen molar-refractivity contribution >= 4 is 27.4 Å². The van der Waals surface area contributed by atoms with Gasteiger partial charge in [0.25, 0.3) is 0 Å². The molecule has 158 valence electrons. The van der Waals surface area contributed by atoms with E-state index >= 15 is 0 Å². The molecule has 6 heteroatoms. The van der Waals surface area contributed by atoms with Crippen LogP contribution in [0.1, 0.15) is 17.5 Å². The van der Waals surface area contributed by atoms with E-state index in [1.807, 2.05) is 42.5 Å². The lowest BCUT2D eigenvalue weighted by atomic mass is 9.98. The minimum absolute atomic E-state index is 0.0190. The van der Waals surface area contributed by atoms with E-state index in [2.05, 4.69) is 33.2 Å². The summed E-state index contributed by atoms with van der Waals surface area (Å²) in [7, 11) is 0.